The van der Waals surface area contributed by atoms with Gasteiger partial charge in [-0.3, -0.25) is 4.98 Å². The summed E-state index contributed by atoms with van der Waals surface area (Å²) in [4.78, 5) is 15.4. The van der Waals surface area contributed by atoms with E-state index in [1.54, 1.807) is 32.4 Å². The number of nitrogens with zero attached hydrogens (tertiary/aromatic N) is 3. The van der Waals surface area contributed by atoms with Gasteiger partial charge in [0.2, 0.25) is 0 Å². The highest BCUT2D eigenvalue weighted by molar-refractivity contribution is 6.35. The lowest BCUT2D eigenvalue weighted by Crippen LogP contribution is -2.48. The first-order valence-electron chi connectivity index (χ1n) is 12.9. The zero-order valence-corrected chi connectivity index (χ0v) is 24.7. The van der Waals surface area contributed by atoms with Crippen molar-refractivity contribution in [3.8, 4) is 17.0 Å². The maximum atomic E-state index is 11.4. The van der Waals surface area contributed by atoms with Gasteiger partial charge in [0.1, 0.15) is 29.8 Å². The number of aromatic carboxylic acids is 1. The molecule has 0 saturated heterocycles. The summed E-state index contributed by atoms with van der Waals surface area (Å²) in [5, 5.41) is 68.1. The van der Waals surface area contributed by atoms with Crippen LogP contribution >= 0.6 is 23.2 Å². The minimum Gasteiger partial charge on any atom is -0.497 e. The first-order valence-corrected chi connectivity index (χ1v) is 13.7. The van der Waals surface area contributed by atoms with Crippen LogP contribution in [-0.4, -0.2) is 104 Å². The van der Waals surface area contributed by atoms with E-state index in [2.05, 4.69) is 20.5 Å². The third-order valence-electron chi connectivity index (χ3n) is 6.48. The van der Waals surface area contributed by atoms with Gasteiger partial charge in [-0.05, 0) is 42.9 Å². The minimum atomic E-state index is -1.55. The standard InChI is InChI=1S/C22H15Cl2N3O3.C7H17NO5/c1-30-14-5-6-15-16(8-14)21(12-3-2-4-13(7-12)22(28)29)27-26-20(15)9-17-18(23)10-25-11-19(17)24;1-8-2-4(10)6(12)7(13)5(11)3-9/h2-8,10-11H,9H2,1H3,(H,28,29);4-13H,2-3H2,1H3. The molecule has 230 valence electrons. The first kappa shape index (κ1) is 34.0. The third kappa shape index (κ3) is 8.56. The molecule has 4 atom stereocenters. The molecule has 2 aromatic heterocycles. The lowest BCUT2D eigenvalue weighted by Gasteiger charge is -2.25. The predicted molar refractivity (Wildman–Crippen MR) is 161 cm³/mol. The molecule has 0 aliphatic rings. The lowest BCUT2D eigenvalue weighted by atomic mass is 9.99. The highest BCUT2D eigenvalue weighted by Crippen LogP contribution is 2.33. The van der Waals surface area contributed by atoms with Crippen molar-refractivity contribution in [2.24, 2.45) is 0 Å². The van der Waals surface area contributed by atoms with Crippen LogP contribution in [0.1, 0.15) is 21.6 Å². The second-order valence-corrected chi connectivity index (χ2v) is 10.2. The lowest BCUT2D eigenvalue weighted by molar-refractivity contribution is -0.113. The second-order valence-electron chi connectivity index (χ2n) is 9.41. The van der Waals surface area contributed by atoms with Crippen LogP contribution in [0.15, 0.2) is 54.9 Å². The Kier molecular flexibility index (Phi) is 12.5. The molecule has 7 N–H and O–H groups in total. The number of carboxylic acids is 1. The number of fused-ring (bicyclic) bond motifs is 1. The summed E-state index contributed by atoms with van der Waals surface area (Å²) < 4.78 is 5.38. The monoisotopic (exact) mass is 634 g/mol. The number of nitrogens with one attached hydrogen (secondary N) is 1. The van der Waals surface area contributed by atoms with Crippen molar-refractivity contribution in [1.29, 1.82) is 0 Å². The maximum absolute atomic E-state index is 11.4. The molecule has 0 aliphatic heterocycles. The Morgan fingerprint density at radius 3 is 2.23 bits per heavy atom. The largest absolute Gasteiger partial charge is 0.497 e. The maximum Gasteiger partial charge on any atom is 0.335 e. The summed E-state index contributed by atoms with van der Waals surface area (Å²) >= 11 is 12.6. The van der Waals surface area contributed by atoms with Crippen molar-refractivity contribution in [2.75, 3.05) is 27.3 Å². The number of aliphatic hydroxyl groups excluding tert-OH is 5. The van der Waals surface area contributed by atoms with Crippen LogP contribution in [0.4, 0.5) is 0 Å². The fourth-order valence-corrected chi connectivity index (χ4v) is 4.63. The fourth-order valence-electron chi connectivity index (χ4n) is 4.13. The van der Waals surface area contributed by atoms with Gasteiger partial charge < -0.3 is 40.7 Å². The normalized spacial score (nSPS) is 13.9. The summed E-state index contributed by atoms with van der Waals surface area (Å²) in [6, 6.07) is 12.2. The van der Waals surface area contributed by atoms with Gasteiger partial charge in [-0.1, -0.05) is 35.3 Å². The Morgan fingerprint density at radius 2 is 1.63 bits per heavy atom. The number of carboxylic acid groups (broad SMARTS) is 1. The Bertz CT molecular complexity index is 1520. The average molecular weight is 636 g/mol. The van der Waals surface area contributed by atoms with Crippen LogP contribution in [0.2, 0.25) is 10.0 Å². The number of hydrogen-bond donors (Lipinski definition) is 7. The van der Waals surface area contributed by atoms with Crippen LogP contribution in [0.3, 0.4) is 0 Å². The smallest absolute Gasteiger partial charge is 0.335 e. The van der Waals surface area contributed by atoms with Crippen molar-refractivity contribution < 1.29 is 40.2 Å². The molecule has 14 heteroatoms. The molecule has 2 aromatic carbocycles. The molecule has 0 amide bonds. The number of methoxy groups -OCH3 is 1. The Labute approximate surface area is 257 Å². The predicted octanol–water partition coefficient (Wildman–Crippen LogP) is 1.94. The highest BCUT2D eigenvalue weighted by atomic mass is 35.5. The van der Waals surface area contributed by atoms with Gasteiger partial charge in [0.25, 0.3) is 0 Å². The van der Waals surface area contributed by atoms with Crippen LogP contribution < -0.4 is 10.1 Å². The molecule has 0 bridgehead atoms. The van der Waals surface area contributed by atoms with E-state index in [1.807, 2.05) is 18.2 Å². The number of rotatable bonds is 11. The van der Waals surface area contributed by atoms with Gasteiger partial charge >= 0.3 is 5.97 Å². The van der Waals surface area contributed by atoms with Crippen molar-refractivity contribution in [2.45, 2.75) is 30.8 Å². The minimum absolute atomic E-state index is 0.0936. The van der Waals surface area contributed by atoms with Gasteiger partial charge in [-0.25, -0.2) is 4.79 Å². The number of likely N-dealkylation sites (N-methyl/N-ethyl adjacent to an activating group) is 1. The highest BCUT2D eigenvalue weighted by Gasteiger charge is 2.29. The average Bonchev–Trinajstić information content (AvgIpc) is 3.01. The number of ether oxygens (including phenoxy) is 1. The van der Waals surface area contributed by atoms with E-state index in [0.29, 0.717) is 44.7 Å². The van der Waals surface area contributed by atoms with E-state index in [-0.39, 0.29) is 12.1 Å². The van der Waals surface area contributed by atoms with E-state index >= 15 is 0 Å². The SMILES string of the molecule is CNCC(O)C(O)C(O)C(O)CO.COc1ccc2c(Cc3c(Cl)cncc3Cl)nnc(-c3cccc(C(=O)O)c3)c2c1. The zero-order chi connectivity index (χ0) is 31.7. The molecule has 4 rings (SSSR count). The van der Waals surface area contributed by atoms with Gasteiger partial charge in [0.15, 0.2) is 0 Å². The molecule has 0 radical (unpaired) electrons. The molecule has 0 spiro atoms. The van der Waals surface area contributed by atoms with Crippen LogP contribution in [-0.2, 0) is 6.42 Å². The molecular formula is C29H32Cl2N4O8. The Balaban J connectivity index is 0.000000331. The van der Waals surface area contributed by atoms with E-state index < -0.39 is 37.0 Å². The summed E-state index contributed by atoms with van der Waals surface area (Å²) in [6.45, 7) is -0.569. The molecular weight excluding hydrogens is 603 g/mol. The van der Waals surface area contributed by atoms with Crippen molar-refractivity contribution in [3.05, 3.63) is 81.7 Å². The zero-order valence-electron chi connectivity index (χ0n) is 23.2. The fraction of sp³-hybridized carbons (Fsp3) is 0.310. The topological polar surface area (TPSA) is 198 Å². The van der Waals surface area contributed by atoms with Gasteiger partial charge in [-0.2, -0.15) is 5.10 Å². The molecule has 4 unspecified atom stereocenters. The molecule has 2 heterocycles. The number of pyridine rings is 1. The van der Waals surface area contributed by atoms with Crippen LogP contribution in [0.25, 0.3) is 22.0 Å². The number of halogens is 2. The molecule has 43 heavy (non-hydrogen) atoms. The Morgan fingerprint density at radius 1 is 0.953 bits per heavy atom. The summed E-state index contributed by atoms with van der Waals surface area (Å²) in [5.41, 5.74) is 2.76. The molecule has 4 aromatic rings. The molecule has 0 aliphatic carbocycles. The van der Waals surface area contributed by atoms with Crippen molar-refractivity contribution >= 4 is 39.9 Å². The van der Waals surface area contributed by atoms with Crippen molar-refractivity contribution in [3.63, 3.8) is 0 Å². The van der Waals surface area contributed by atoms with E-state index in [9.17, 15) is 15.0 Å². The van der Waals surface area contributed by atoms with E-state index in [0.717, 1.165) is 10.8 Å². The third-order valence-corrected chi connectivity index (χ3v) is 7.13. The van der Waals surface area contributed by atoms with Gasteiger partial charge in [0.05, 0.1) is 41.1 Å². The molecule has 0 saturated carbocycles. The quantitative estimate of drug-likeness (QED) is 0.127. The number of hydrogen-bond acceptors (Lipinski definition) is 11. The van der Waals surface area contributed by atoms with Crippen LogP contribution in [0.5, 0.6) is 5.75 Å². The van der Waals surface area contributed by atoms with E-state index in [1.165, 1.54) is 18.5 Å². The Hall–Kier alpha value is -3.46. The summed E-state index contributed by atoms with van der Waals surface area (Å²) in [6.07, 6.45) is -2.21. The van der Waals surface area contributed by atoms with Gasteiger partial charge in [-0.15, -0.1) is 5.10 Å². The van der Waals surface area contributed by atoms with E-state index in [4.69, 9.17) is 48.4 Å². The number of carbonyl (C=O) groups is 1. The second kappa shape index (κ2) is 15.8. The molecule has 12 nitrogen and oxygen atoms in total. The van der Waals surface area contributed by atoms with Crippen molar-refractivity contribution in [1.82, 2.24) is 20.5 Å². The van der Waals surface area contributed by atoms with Gasteiger partial charge in [0, 0.05) is 41.7 Å². The summed E-state index contributed by atoms with van der Waals surface area (Å²) in [5.74, 6) is -0.359. The number of aromatic nitrogens is 3. The van der Waals surface area contributed by atoms with Crippen LogP contribution in [0, 0.1) is 0 Å². The summed E-state index contributed by atoms with van der Waals surface area (Å²) in [7, 11) is 3.16. The number of aliphatic hydroxyl groups is 5. The molecule has 0 fully saturated rings. The first-order chi connectivity index (χ1) is 20.5. The number of benzene rings is 2.